The van der Waals surface area contributed by atoms with Gasteiger partial charge in [-0.3, -0.25) is 0 Å². The topological polar surface area (TPSA) is 3.24 Å². The van der Waals surface area contributed by atoms with Crippen molar-refractivity contribution in [3.63, 3.8) is 0 Å². The second-order valence-electron chi connectivity index (χ2n) is 23.4. The fourth-order valence-corrected chi connectivity index (χ4v) is 16.6. The summed E-state index contributed by atoms with van der Waals surface area (Å²) in [6.45, 7) is 4.77. The minimum absolute atomic E-state index is 0.0932. The molecule has 0 heterocycles. The van der Waals surface area contributed by atoms with E-state index in [9.17, 15) is 0 Å². The van der Waals surface area contributed by atoms with Gasteiger partial charge in [-0.05, 0) is 203 Å². The van der Waals surface area contributed by atoms with Gasteiger partial charge in [-0.25, -0.2) is 0 Å². The summed E-state index contributed by atoms with van der Waals surface area (Å²) < 4.78 is 0. The first-order valence-corrected chi connectivity index (χ1v) is 27.1. The first-order valence-electron chi connectivity index (χ1n) is 27.1. The predicted molar refractivity (Wildman–Crippen MR) is 303 cm³/mol. The molecular formula is C72H57N. The molecule has 0 saturated heterocycles. The van der Waals surface area contributed by atoms with Crippen LogP contribution >= 0.6 is 0 Å². The Morgan fingerprint density at radius 3 is 1.51 bits per heavy atom. The summed E-state index contributed by atoms with van der Waals surface area (Å²) in [5.74, 6) is 2.66. The third-order valence-corrected chi connectivity index (χ3v) is 19.2. The lowest BCUT2D eigenvalue weighted by molar-refractivity contribution is -0.00522. The number of benzene rings is 10. The van der Waals surface area contributed by atoms with Gasteiger partial charge in [0.15, 0.2) is 0 Å². The molecule has 1 nitrogen and oxygen atoms in total. The van der Waals surface area contributed by atoms with Crippen LogP contribution in [0.25, 0.3) is 66.4 Å². The molecule has 350 valence electrons. The first-order chi connectivity index (χ1) is 35.9. The fraction of sp³-hybridized carbons (Fsp3) is 0.194. The summed E-state index contributed by atoms with van der Waals surface area (Å²) in [7, 11) is 0. The van der Waals surface area contributed by atoms with Crippen LogP contribution in [-0.2, 0) is 16.2 Å². The summed E-state index contributed by atoms with van der Waals surface area (Å²) in [6.07, 6.45) is 8.43. The van der Waals surface area contributed by atoms with Gasteiger partial charge in [-0.1, -0.05) is 196 Å². The summed E-state index contributed by atoms with van der Waals surface area (Å²) in [6, 6.07) is 84.2. The van der Waals surface area contributed by atoms with Crippen molar-refractivity contribution < 1.29 is 0 Å². The second-order valence-corrected chi connectivity index (χ2v) is 23.4. The van der Waals surface area contributed by atoms with Gasteiger partial charge in [0.05, 0.1) is 5.41 Å². The van der Waals surface area contributed by atoms with Crippen LogP contribution < -0.4 is 4.90 Å². The van der Waals surface area contributed by atoms with Crippen LogP contribution in [0.5, 0.6) is 0 Å². The van der Waals surface area contributed by atoms with Crippen LogP contribution in [0.4, 0.5) is 17.1 Å². The molecule has 1 heteroatoms. The number of hydrogen-bond donors (Lipinski definition) is 0. The second kappa shape index (κ2) is 15.2. The zero-order chi connectivity index (χ0) is 48.2. The molecule has 10 aromatic carbocycles. The molecular weight excluding hydrogens is 879 g/mol. The highest BCUT2D eigenvalue weighted by Crippen LogP contribution is 2.66. The van der Waals surface area contributed by atoms with E-state index in [1.807, 2.05) is 0 Å². The molecule has 0 N–H and O–H groups in total. The van der Waals surface area contributed by atoms with Crippen molar-refractivity contribution in [1.29, 1.82) is 0 Å². The number of anilines is 3. The van der Waals surface area contributed by atoms with Crippen molar-refractivity contribution in [3.8, 4) is 55.6 Å². The Morgan fingerprint density at radius 1 is 0.342 bits per heavy atom. The van der Waals surface area contributed by atoms with E-state index in [4.69, 9.17) is 0 Å². The van der Waals surface area contributed by atoms with E-state index in [-0.39, 0.29) is 10.8 Å². The Kier molecular flexibility index (Phi) is 8.69. The van der Waals surface area contributed by atoms with Gasteiger partial charge >= 0.3 is 0 Å². The minimum Gasteiger partial charge on any atom is -0.310 e. The fourth-order valence-electron chi connectivity index (χ4n) is 16.6. The largest absolute Gasteiger partial charge is 0.310 e. The van der Waals surface area contributed by atoms with E-state index in [0.717, 1.165) is 29.1 Å². The van der Waals surface area contributed by atoms with Crippen LogP contribution in [0.2, 0.25) is 0 Å². The van der Waals surface area contributed by atoms with Crippen molar-refractivity contribution in [2.75, 3.05) is 4.90 Å². The first kappa shape index (κ1) is 41.8. The molecule has 1 spiro atoms. The lowest BCUT2D eigenvalue weighted by Crippen LogP contribution is -2.48. The van der Waals surface area contributed by atoms with Gasteiger partial charge in [-0.15, -0.1) is 0 Å². The highest BCUT2D eigenvalue weighted by Gasteiger charge is 2.55. The van der Waals surface area contributed by atoms with Crippen molar-refractivity contribution >= 4 is 27.8 Å². The van der Waals surface area contributed by atoms with E-state index in [2.05, 4.69) is 237 Å². The molecule has 0 atom stereocenters. The molecule has 4 fully saturated rings. The van der Waals surface area contributed by atoms with Crippen molar-refractivity contribution in [2.24, 2.45) is 17.8 Å². The summed E-state index contributed by atoms with van der Waals surface area (Å²) >= 11 is 0. The van der Waals surface area contributed by atoms with Crippen LogP contribution in [0.1, 0.15) is 91.3 Å². The van der Waals surface area contributed by atoms with E-state index in [1.54, 1.807) is 5.56 Å². The van der Waals surface area contributed by atoms with Crippen LogP contribution in [0, 0.1) is 17.8 Å². The van der Waals surface area contributed by atoms with Gasteiger partial charge in [0.25, 0.3) is 0 Å². The Hall–Kier alpha value is -7.74. The van der Waals surface area contributed by atoms with E-state index in [1.165, 1.54) is 144 Å². The van der Waals surface area contributed by atoms with Crippen LogP contribution in [-0.4, -0.2) is 0 Å². The minimum atomic E-state index is -0.461. The smallest absolute Gasteiger partial charge is 0.0726 e. The van der Waals surface area contributed by atoms with Gasteiger partial charge < -0.3 is 4.90 Å². The molecule has 73 heavy (non-hydrogen) atoms. The van der Waals surface area contributed by atoms with Crippen molar-refractivity contribution in [3.05, 3.63) is 257 Å². The lowest BCUT2D eigenvalue weighted by Gasteiger charge is -2.57. The SMILES string of the molecule is CC1(C)c2ccccc2-c2cc(N(c3cccc(-c4cccc5cccc(-c6ccccc6)c45)c3)c3ccc4c(c3)C3(c5ccccc5-c5ccccc53)c3cc(C56CC7CC(CC(C7)C5)C6)ccc3-4)ccc21. The molecule has 17 rings (SSSR count). The highest BCUT2D eigenvalue weighted by molar-refractivity contribution is 6.07. The Balaban J connectivity index is 0.930. The number of fused-ring (bicyclic) bond motifs is 14. The van der Waals surface area contributed by atoms with E-state index in [0.29, 0.717) is 0 Å². The Morgan fingerprint density at radius 2 is 0.822 bits per heavy atom. The lowest BCUT2D eigenvalue weighted by atomic mass is 9.48. The number of rotatable bonds is 6. The Labute approximate surface area is 429 Å². The van der Waals surface area contributed by atoms with Crippen LogP contribution in [0.15, 0.2) is 218 Å². The standard InChI is InChI=1S/C72H57N/c1-70(2)63-26-9-6-23-59(63)62-40-53(31-34-64(62)70)73(52-20-12-19-50(38-52)56-25-14-18-49-17-13-24-55(69(49)56)48-15-4-3-5-16-48)54-30-33-61-60-32-29-51(71-42-45-35-46(43-71)37-47(36-45)44-71)39-67(60)72(68(61)41-54)65-27-10-7-21-57(65)58-22-8-11-28-66(58)72/h3-34,38-41,45-47H,35-37,42-44H2,1-2H3. The quantitative estimate of drug-likeness (QED) is 0.161. The van der Waals surface area contributed by atoms with Gasteiger partial charge in [0.2, 0.25) is 0 Å². The maximum atomic E-state index is 2.75. The molecule has 0 amide bonds. The zero-order valence-corrected chi connectivity index (χ0v) is 41.7. The predicted octanol–water partition coefficient (Wildman–Crippen LogP) is 18.8. The maximum absolute atomic E-state index is 2.75. The third-order valence-electron chi connectivity index (χ3n) is 19.2. The monoisotopic (exact) mass is 935 g/mol. The molecule has 7 aliphatic carbocycles. The summed E-state index contributed by atoms with van der Waals surface area (Å²) in [5, 5.41) is 2.52. The number of hydrogen-bond acceptors (Lipinski definition) is 1. The molecule has 0 unspecified atom stereocenters. The molecule has 0 aliphatic heterocycles. The van der Waals surface area contributed by atoms with E-state index < -0.39 is 5.41 Å². The molecule has 4 saturated carbocycles. The van der Waals surface area contributed by atoms with Crippen molar-refractivity contribution in [1.82, 2.24) is 0 Å². The third kappa shape index (κ3) is 5.80. The summed E-state index contributed by atoms with van der Waals surface area (Å²) in [4.78, 5) is 2.56. The highest BCUT2D eigenvalue weighted by atomic mass is 15.1. The van der Waals surface area contributed by atoms with Crippen LogP contribution in [0.3, 0.4) is 0 Å². The van der Waals surface area contributed by atoms with Gasteiger partial charge in [0.1, 0.15) is 0 Å². The molecule has 4 bridgehead atoms. The number of nitrogens with zero attached hydrogens (tertiary/aromatic N) is 1. The van der Waals surface area contributed by atoms with E-state index >= 15 is 0 Å². The molecule has 0 radical (unpaired) electrons. The molecule has 10 aromatic rings. The van der Waals surface area contributed by atoms with Crippen molar-refractivity contribution in [2.45, 2.75) is 68.6 Å². The van der Waals surface area contributed by atoms with Gasteiger partial charge in [0, 0.05) is 22.5 Å². The average molecular weight is 936 g/mol. The maximum Gasteiger partial charge on any atom is 0.0726 e. The normalized spacial score (nSPS) is 21.4. The molecule has 7 aliphatic rings. The molecule has 0 aromatic heterocycles. The zero-order valence-electron chi connectivity index (χ0n) is 41.7. The Bertz CT molecular complexity index is 3860. The van der Waals surface area contributed by atoms with Gasteiger partial charge in [-0.2, -0.15) is 0 Å². The summed E-state index contributed by atoms with van der Waals surface area (Å²) in [5.41, 5.74) is 26.3. The average Bonchev–Trinajstić information content (AvgIpc) is 4.02.